The summed E-state index contributed by atoms with van der Waals surface area (Å²) in [6.45, 7) is 15.1. The molecule has 0 aliphatic rings. The average molecular weight is 238 g/mol. The van der Waals surface area contributed by atoms with E-state index in [9.17, 15) is 4.79 Å². The lowest BCUT2D eigenvalue weighted by atomic mass is 9.93. The van der Waals surface area contributed by atoms with Crippen LogP contribution in [-0.4, -0.2) is 5.78 Å². The molecule has 0 saturated carbocycles. The Morgan fingerprint density at radius 2 is 1.89 bits per heavy atom. The fourth-order valence-corrected chi connectivity index (χ4v) is 1.73. The number of benzene rings is 1. The van der Waals surface area contributed by atoms with Crippen molar-refractivity contribution in [1.82, 2.24) is 0 Å². The molecule has 0 fully saturated rings. The van der Waals surface area contributed by atoms with Crippen molar-refractivity contribution in [3.05, 3.63) is 78.4 Å². The van der Waals surface area contributed by atoms with Gasteiger partial charge in [0.2, 0.25) is 0 Å². The summed E-state index contributed by atoms with van der Waals surface area (Å²) >= 11 is 0. The number of Topliss-reactive ketones (excluding diaryl/α,β-unsaturated/α-hetero) is 1. The summed E-state index contributed by atoms with van der Waals surface area (Å²) in [6.07, 6.45) is 4.80. The van der Waals surface area contributed by atoms with Crippen LogP contribution >= 0.6 is 0 Å². The van der Waals surface area contributed by atoms with Crippen LogP contribution in [0.15, 0.2) is 61.7 Å². The van der Waals surface area contributed by atoms with Gasteiger partial charge in [-0.3, -0.25) is 4.79 Å². The van der Waals surface area contributed by atoms with Gasteiger partial charge in [0.1, 0.15) is 0 Å². The van der Waals surface area contributed by atoms with Crippen molar-refractivity contribution in [1.29, 1.82) is 0 Å². The molecule has 0 saturated heterocycles. The summed E-state index contributed by atoms with van der Waals surface area (Å²) < 4.78 is 0. The molecule has 0 amide bonds. The standard InChI is InChI=1S/C17H18O/c1-6-8-14(7-2)17(18)15-10-9-13(5)11-16(15)12(3)4/h6-11H,1-3H2,4-5H3/b14-8+. The third kappa shape index (κ3) is 2.95. The molecule has 0 aromatic heterocycles. The second kappa shape index (κ2) is 5.97. The fraction of sp³-hybridized carbons (Fsp3) is 0.118. The van der Waals surface area contributed by atoms with E-state index in [1.54, 1.807) is 18.2 Å². The van der Waals surface area contributed by atoms with Gasteiger partial charge in [0.15, 0.2) is 5.78 Å². The zero-order valence-corrected chi connectivity index (χ0v) is 11.0. The minimum atomic E-state index is -0.0529. The highest BCUT2D eigenvalue weighted by molar-refractivity contribution is 6.13. The van der Waals surface area contributed by atoms with Gasteiger partial charge in [-0.2, -0.15) is 0 Å². The first kappa shape index (κ1) is 13.9. The van der Waals surface area contributed by atoms with Crippen molar-refractivity contribution in [2.75, 3.05) is 0 Å². The Bertz CT molecular complexity index is 545. The molecule has 1 aromatic carbocycles. The minimum Gasteiger partial charge on any atom is -0.289 e. The Morgan fingerprint density at radius 3 is 2.39 bits per heavy atom. The molecule has 1 heteroatoms. The van der Waals surface area contributed by atoms with E-state index in [1.807, 2.05) is 32.0 Å². The first-order chi connectivity index (χ1) is 8.51. The monoisotopic (exact) mass is 238 g/mol. The first-order valence-electron chi connectivity index (χ1n) is 5.77. The van der Waals surface area contributed by atoms with Gasteiger partial charge in [-0.1, -0.05) is 67.3 Å². The van der Waals surface area contributed by atoms with Crippen LogP contribution in [0.1, 0.15) is 28.4 Å². The minimum absolute atomic E-state index is 0.0529. The van der Waals surface area contributed by atoms with Gasteiger partial charge in [-0.05, 0) is 19.4 Å². The Hall–Kier alpha value is -2.15. The SMILES string of the molecule is C=C/C=C(\C=C)C(=O)c1ccc(C)cc1C(=C)C. The van der Waals surface area contributed by atoms with Crippen molar-refractivity contribution in [2.45, 2.75) is 13.8 Å². The number of aryl methyl sites for hydroxylation is 1. The third-order valence-electron chi connectivity index (χ3n) is 2.66. The van der Waals surface area contributed by atoms with Gasteiger partial charge in [-0.15, -0.1) is 0 Å². The van der Waals surface area contributed by atoms with Crippen molar-refractivity contribution in [3.8, 4) is 0 Å². The van der Waals surface area contributed by atoms with Crippen molar-refractivity contribution < 1.29 is 4.79 Å². The predicted molar refractivity (Wildman–Crippen MR) is 78.7 cm³/mol. The van der Waals surface area contributed by atoms with Crippen molar-refractivity contribution in [2.24, 2.45) is 0 Å². The summed E-state index contributed by atoms with van der Waals surface area (Å²) in [5.41, 5.74) is 4.07. The second-order valence-corrected chi connectivity index (χ2v) is 4.22. The van der Waals surface area contributed by atoms with E-state index < -0.39 is 0 Å². The number of hydrogen-bond acceptors (Lipinski definition) is 1. The third-order valence-corrected chi connectivity index (χ3v) is 2.66. The molecule has 0 aliphatic carbocycles. The van der Waals surface area contributed by atoms with Crippen LogP contribution in [-0.2, 0) is 0 Å². The molecule has 0 heterocycles. The second-order valence-electron chi connectivity index (χ2n) is 4.22. The van der Waals surface area contributed by atoms with E-state index in [4.69, 9.17) is 0 Å². The van der Waals surface area contributed by atoms with E-state index in [0.717, 1.165) is 16.7 Å². The molecule has 0 atom stereocenters. The summed E-state index contributed by atoms with van der Waals surface area (Å²) in [5.74, 6) is -0.0529. The molecule has 92 valence electrons. The maximum Gasteiger partial charge on any atom is 0.193 e. The van der Waals surface area contributed by atoms with E-state index in [2.05, 4.69) is 19.7 Å². The molecule has 0 spiro atoms. The van der Waals surface area contributed by atoms with Gasteiger partial charge >= 0.3 is 0 Å². The molecule has 1 rings (SSSR count). The maximum absolute atomic E-state index is 12.4. The van der Waals surface area contributed by atoms with Gasteiger partial charge in [0, 0.05) is 11.1 Å². The highest BCUT2D eigenvalue weighted by Crippen LogP contribution is 2.22. The normalized spacial score (nSPS) is 10.9. The highest BCUT2D eigenvalue weighted by atomic mass is 16.1. The summed E-state index contributed by atoms with van der Waals surface area (Å²) in [4.78, 5) is 12.4. The molecule has 0 aliphatic heterocycles. The van der Waals surface area contributed by atoms with Crippen LogP contribution in [0.2, 0.25) is 0 Å². The van der Waals surface area contributed by atoms with Gasteiger partial charge < -0.3 is 0 Å². The van der Waals surface area contributed by atoms with E-state index in [1.165, 1.54) is 0 Å². The van der Waals surface area contributed by atoms with Gasteiger partial charge in [0.05, 0.1) is 0 Å². The lowest BCUT2D eigenvalue weighted by Crippen LogP contribution is -2.05. The zero-order chi connectivity index (χ0) is 13.7. The number of rotatable bonds is 5. The van der Waals surface area contributed by atoms with Crippen LogP contribution in [0, 0.1) is 6.92 Å². The molecular formula is C17H18O. The molecule has 0 bridgehead atoms. The van der Waals surface area contributed by atoms with Crippen LogP contribution < -0.4 is 0 Å². The molecule has 0 unspecified atom stereocenters. The molecule has 0 N–H and O–H groups in total. The molecular weight excluding hydrogens is 220 g/mol. The quantitative estimate of drug-likeness (QED) is 0.419. The molecule has 18 heavy (non-hydrogen) atoms. The summed E-state index contributed by atoms with van der Waals surface area (Å²) in [5, 5.41) is 0. The Morgan fingerprint density at radius 1 is 1.22 bits per heavy atom. The average Bonchev–Trinajstić information content (AvgIpc) is 2.35. The predicted octanol–water partition coefficient (Wildman–Crippen LogP) is 4.51. The topological polar surface area (TPSA) is 17.1 Å². The number of hydrogen-bond donors (Lipinski definition) is 0. The fourth-order valence-electron chi connectivity index (χ4n) is 1.73. The number of carbonyl (C=O) groups is 1. The van der Waals surface area contributed by atoms with Crippen LogP contribution in [0.5, 0.6) is 0 Å². The van der Waals surface area contributed by atoms with E-state index in [-0.39, 0.29) is 5.78 Å². The number of allylic oxidation sites excluding steroid dienone is 5. The Kier molecular flexibility index (Phi) is 4.61. The lowest BCUT2D eigenvalue weighted by molar-refractivity contribution is 0.103. The van der Waals surface area contributed by atoms with Crippen LogP contribution in [0.25, 0.3) is 5.57 Å². The Balaban J connectivity index is 3.37. The Labute approximate surface area is 109 Å². The first-order valence-corrected chi connectivity index (χ1v) is 5.77. The molecule has 1 nitrogen and oxygen atoms in total. The van der Waals surface area contributed by atoms with Crippen molar-refractivity contribution in [3.63, 3.8) is 0 Å². The molecule has 1 aromatic rings. The number of ketones is 1. The highest BCUT2D eigenvalue weighted by Gasteiger charge is 2.14. The van der Waals surface area contributed by atoms with Crippen molar-refractivity contribution >= 4 is 11.4 Å². The van der Waals surface area contributed by atoms with Gasteiger partial charge in [0.25, 0.3) is 0 Å². The van der Waals surface area contributed by atoms with E-state index in [0.29, 0.717) is 11.1 Å². The lowest BCUT2D eigenvalue weighted by Gasteiger charge is -2.10. The summed E-state index contributed by atoms with van der Waals surface area (Å²) in [7, 11) is 0. The van der Waals surface area contributed by atoms with Crippen LogP contribution in [0.4, 0.5) is 0 Å². The van der Waals surface area contributed by atoms with Gasteiger partial charge in [-0.25, -0.2) is 0 Å². The van der Waals surface area contributed by atoms with E-state index >= 15 is 0 Å². The summed E-state index contributed by atoms with van der Waals surface area (Å²) in [6, 6.07) is 5.74. The largest absolute Gasteiger partial charge is 0.289 e. The zero-order valence-electron chi connectivity index (χ0n) is 11.0. The maximum atomic E-state index is 12.4. The molecule has 0 radical (unpaired) electrons. The van der Waals surface area contributed by atoms with Crippen LogP contribution in [0.3, 0.4) is 0 Å². The smallest absolute Gasteiger partial charge is 0.193 e. The number of carbonyl (C=O) groups excluding carboxylic acids is 1.